The van der Waals surface area contributed by atoms with E-state index in [-0.39, 0.29) is 42.4 Å². The van der Waals surface area contributed by atoms with Gasteiger partial charge in [-0.15, -0.1) is 0 Å². The van der Waals surface area contributed by atoms with Gasteiger partial charge in [-0.2, -0.15) is 0 Å². The number of hydrogen-bond donors (Lipinski definition) is 3. The molecule has 2 aromatic carbocycles. The highest BCUT2D eigenvalue weighted by Crippen LogP contribution is 2.64. The van der Waals surface area contributed by atoms with E-state index in [1.165, 1.54) is 17.2 Å². The van der Waals surface area contributed by atoms with E-state index in [1.807, 2.05) is 6.92 Å². The number of aliphatic carboxylic acids is 1. The number of esters is 1. The Hall–Kier alpha value is -4.46. The number of allylic oxidation sites excluding steroid dienone is 5. The smallest absolute Gasteiger partial charge is 0.350 e. The first kappa shape index (κ1) is 33.9. The van der Waals surface area contributed by atoms with Crippen LogP contribution in [0.2, 0.25) is 0 Å². The third kappa shape index (κ3) is 6.42. The lowest BCUT2D eigenvalue weighted by atomic mass is 9.60. The Morgan fingerprint density at radius 3 is 2.43 bits per heavy atom. The number of aromatic hydroxyl groups is 2. The molecule has 250 valence electrons. The van der Waals surface area contributed by atoms with Crippen molar-refractivity contribution in [2.45, 2.75) is 97.2 Å². The molecule has 8 heteroatoms. The topological polar surface area (TPSA) is 123 Å². The lowest BCUT2D eigenvalue weighted by Gasteiger charge is -2.56. The predicted molar refractivity (Wildman–Crippen MR) is 181 cm³/mol. The molecule has 2 heterocycles. The molecule has 2 aliphatic heterocycles. The van der Waals surface area contributed by atoms with Crippen LogP contribution in [0.4, 0.5) is 0 Å². The standard InChI is InChI=1S/C39H46O8/c1-7-45-37(44)38-19-18-29(24(4)5)39(22-38)35-32(46-38)17-16-30(40)34(35)28-21-31(41)27(20-33(28)47-39)15-14-26(36(42)43)13-9-12-25(6)11-8-10-23(2)3/h10,12,14,16-17,20-21,29,40-41H,4,7-9,11,13,15,18-19,22H2,1-3,5-6H3,(H,42,43)/b25-12+,26-14-/t29-,38-,39+/m1/s1. The zero-order valence-electron chi connectivity index (χ0n) is 28.1. The molecule has 0 aromatic heterocycles. The van der Waals surface area contributed by atoms with Gasteiger partial charge in [0.25, 0.3) is 0 Å². The van der Waals surface area contributed by atoms with Crippen LogP contribution in [0.3, 0.4) is 0 Å². The van der Waals surface area contributed by atoms with Crippen molar-refractivity contribution in [3.8, 4) is 34.1 Å². The number of carbonyl (C=O) groups excluding carboxylic acids is 1. The number of hydrogen-bond acceptors (Lipinski definition) is 7. The van der Waals surface area contributed by atoms with Crippen molar-refractivity contribution in [1.82, 2.24) is 0 Å². The van der Waals surface area contributed by atoms with Gasteiger partial charge in [0.15, 0.2) is 0 Å². The maximum Gasteiger partial charge on any atom is 0.350 e. The Kier molecular flexibility index (Phi) is 9.62. The summed E-state index contributed by atoms with van der Waals surface area (Å²) in [6.45, 7) is 14.4. The number of phenols is 2. The van der Waals surface area contributed by atoms with E-state index in [4.69, 9.17) is 14.2 Å². The van der Waals surface area contributed by atoms with Crippen LogP contribution in [-0.2, 0) is 26.3 Å². The van der Waals surface area contributed by atoms with Gasteiger partial charge in [-0.05, 0) is 104 Å². The summed E-state index contributed by atoms with van der Waals surface area (Å²) in [6, 6.07) is 6.43. The predicted octanol–water partition coefficient (Wildman–Crippen LogP) is 8.45. The average Bonchev–Trinajstić information content (AvgIpc) is 3.00. The van der Waals surface area contributed by atoms with Crippen molar-refractivity contribution < 1.29 is 39.1 Å². The highest BCUT2D eigenvalue weighted by molar-refractivity contribution is 5.88. The maximum atomic E-state index is 13.4. The van der Waals surface area contributed by atoms with Crippen molar-refractivity contribution in [2.24, 2.45) is 5.92 Å². The molecular formula is C39H46O8. The summed E-state index contributed by atoms with van der Waals surface area (Å²) in [4.78, 5) is 25.5. The fraction of sp³-hybridized carbons (Fsp3) is 0.436. The molecule has 1 aliphatic carbocycles. The number of ether oxygens (including phenoxy) is 3. The Labute approximate surface area is 277 Å². The van der Waals surface area contributed by atoms with E-state index >= 15 is 0 Å². The number of carbonyl (C=O) groups is 2. The molecule has 2 aromatic rings. The van der Waals surface area contributed by atoms with Crippen LogP contribution in [0.1, 0.15) is 90.7 Å². The van der Waals surface area contributed by atoms with Gasteiger partial charge in [0, 0.05) is 40.2 Å². The van der Waals surface area contributed by atoms with Crippen molar-refractivity contribution >= 4 is 11.9 Å². The zero-order valence-corrected chi connectivity index (χ0v) is 28.1. The molecule has 0 radical (unpaired) electrons. The molecule has 3 N–H and O–H groups in total. The molecule has 5 rings (SSSR count). The summed E-state index contributed by atoms with van der Waals surface area (Å²) in [5, 5.41) is 32.3. The molecule has 8 nitrogen and oxygen atoms in total. The molecule has 1 spiro atoms. The molecule has 3 atom stereocenters. The van der Waals surface area contributed by atoms with Crippen molar-refractivity contribution in [3.05, 3.63) is 82.5 Å². The fourth-order valence-electron chi connectivity index (χ4n) is 7.38. The van der Waals surface area contributed by atoms with Crippen molar-refractivity contribution in [3.63, 3.8) is 0 Å². The van der Waals surface area contributed by atoms with Gasteiger partial charge in [0.2, 0.25) is 5.60 Å². The quantitative estimate of drug-likeness (QED) is 0.120. The summed E-state index contributed by atoms with van der Waals surface area (Å²) >= 11 is 0. The van der Waals surface area contributed by atoms with Crippen LogP contribution in [0.5, 0.6) is 23.0 Å². The highest BCUT2D eigenvalue weighted by atomic mass is 16.6. The summed E-state index contributed by atoms with van der Waals surface area (Å²) in [6.07, 6.45) is 10.1. The van der Waals surface area contributed by atoms with Crippen LogP contribution in [-0.4, -0.2) is 39.5 Å². The van der Waals surface area contributed by atoms with Crippen LogP contribution in [0, 0.1) is 5.92 Å². The number of phenolic OH excluding ortho intramolecular Hbond substituents is 2. The summed E-state index contributed by atoms with van der Waals surface area (Å²) < 4.78 is 18.9. The molecule has 1 saturated carbocycles. The minimum Gasteiger partial charge on any atom is -0.508 e. The third-order valence-corrected chi connectivity index (χ3v) is 9.65. The van der Waals surface area contributed by atoms with Gasteiger partial charge in [-0.25, -0.2) is 9.59 Å². The second kappa shape index (κ2) is 13.3. The molecule has 0 amide bonds. The van der Waals surface area contributed by atoms with Crippen LogP contribution in [0.25, 0.3) is 11.1 Å². The maximum absolute atomic E-state index is 13.4. The lowest BCUT2D eigenvalue weighted by molar-refractivity contribution is -0.183. The van der Waals surface area contributed by atoms with E-state index < -0.39 is 23.1 Å². The first-order valence-electron chi connectivity index (χ1n) is 16.5. The molecule has 0 unspecified atom stereocenters. The van der Waals surface area contributed by atoms with E-state index in [0.717, 1.165) is 18.4 Å². The van der Waals surface area contributed by atoms with Gasteiger partial charge in [-0.3, -0.25) is 0 Å². The van der Waals surface area contributed by atoms with Crippen LogP contribution >= 0.6 is 0 Å². The van der Waals surface area contributed by atoms with Crippen LogP contribution in [0.15, 0.2) is 71.4 Å². The van der Waals surface area contributed by atoms with Gasteiger partial charge >= 0.3 is 11.9 Å². The Balaban J connectivity index is 1.50. The molecule has 47 heavy (non-hydrogen) atoms. The van der Waals surface area contributed by atoms with Crippen molar-refractivity contribution in [2.75, 3.05) is 6.61 Å². The summed E-state index contributed by atoms with van der Waals surface area (Å²) in [7, 11) is 0. The average molecular weight is 643 g/mol. The number of carboxylic acid groups (broad SMARTS) is 1. The van der Waals surface area contributed by atoms with E-state index in [9.17, 15) is 24.9 Å². The zero-order chi connectivity index (χ0) is 34.1. The van der Waals surface area contributed by atoms with E-state index in [1.54, 1.807) is 31.2 Å². The number of carboxylic acids is 1. The molecule has 0 saturated heterocycles. The number of fused-ring (bicyclic) bond motifs is 3. The SMILES string of the molecule is C=C(C)[C@H]1CC[C@]2(C(=O)OCC)C[C@]13Oc1cc(C/C=C(/CC/C=C(\C)CCC=C(C)C)C(=O)O)c(O)cc1-c1c(O)ccc(c13)O2. The Morgan fingerprint density at radius 2 is 1.74 bits per heavy atom. The second-order valence-corrected chi connectivity index (χ2v) is 13.4. The molecule has 2 bridgehead atoms. The third-order valence-electron chi connectivity index (χ3n) is 9.65. The normalized spacial score (nSPS) is 22.6. The van der Waals surface area contributed by atoms with Crippen molar-refractivity contribution in [1.29, 1.82) is 0 Å². The largest absolute Gasteiger partial charge is 0.508 e. The minimum absolute atomic E-state index is 0.00430. The van der Waals surface area contributed by atoms with E-state index in [2.05, 4.69) is 39.5 Å². The monoisotopic (exact) mass is 642 g/mol. The molecule has 1 fully saturated rings. The second-order valence-electron chi connectivity index (χ2n) is 13.4. The number of benzene rings is 2. The van der Waals surface area contributed by atoms with Gasteiger partial charge in [-0.1, -0.05) is 41.5 Å². The lowest BCUT2D eigenvalue weighted by Crippen LogP contribution is -2.62. The number of rotatable bonds is 12. The van der Waals surface area contributed by atoms with Crippen LogP contribution < -0.4 is 9.47 Å². The molecule has 3 aliphatic rings. The molecular weight excluding hydrogens is 596 g/mol. The van der Waals surface area contributed by atoms with Gasteiger partial charge in [0.1, 0.15) is 28.6 Å². The fourth-order valence-corrected chi connectivity index (χ4v) is 7.38. The van der Waals surface area contributed by atoms with Gasteiger partial charge in [0.05, 0.1) is 6.61 Å². The van der Waals surface area contributed by atoms with E-state index in [0.29, 0.717) is 59.4 Å². The van der Waals surface area contributed by atoms with Gasteiger partial charge < -0.3 is 29.5 Å². The summed E-state index contributed by atoms with van der Waals surface area (Å²) in [5.74, 6) is -0.855. The first-order chi connectivity index (χ1) is 22.3. The summed E-state index contributed by atoms with van der Waals surface area (Å²) in [5.41, 5.74) is 3.37. The Bertz CT molecular complexity index is 1690. The Morgan fingerprint density at radius 1 is 1.00 bits per heavy atom. The highest BCUT2D eigenvalue weighted by Gasteiger charge is 2.64. The minimum atomic E-state index is -1.27. The first-order valence-corrected chi connectivity index (χ1v) is 16.5.